The van der Waals surface area contributed by atoms with E-state index in [-0.39, 0.29) is 12.1 Å². The SMILES string of the molecule is O=c1cnc2ccccc2n1Cc1c(F)cc(-c2ccc3[nH]ncc3c2)cc1F. The molecule has 2 aromatic heterocycles. The van der Waals surface area contributed by atoms with Gasteiger partial charge >= 0.3 is 0 Å². The summed E-state index contributed by atoms with van der Waals surface area (Å²) in [6.07, 6.45) is 2.81. The van der Waals surface area contributed by atoms with Crippen LogP contribution in [0.4, 0.5) is 8.78 Å². The summed E-state index contributed by atoms with van der Waals surface area (Å²) in [7, 11) is 0. The molecule has 2 heterocycles. The first-order chi connectivity index (χ1) is 14.1. The lowest BCUT2D eigenvalue weighted by Gasteiger charge is -2.12. The molecule has 0 unspecified atom stereocenters. The van der Waals surface area contributed by atoms with Crippen LogP contribution in [-0.2, 0) is 6.54 Å². The van der Waals surface area contributed by atoms with Crippen molar-refractivity contribution in [1.29, 1.82) is 0 Å². The molecule has 1 N–H and O–H groups in total. The van der Waals surface area contributed by atoms with Crippen LogP contribution >= 0.6 is 0 Å². The Bertz CT molecular complexity index is 1420. The van der Waals surface area contributed by atoms with Gasteiger partial charge in [-0.05, 0) is 47.5 Å². The van der Waals surface area contributed by atoms with E-state index in [0.29, 0.717) is 22.2 Å². The zero-order chi connectivity index (χ0) is 20.0. The number of rotatable bonds is 3. The van der Waals surface area contributed by atoms with E-state index in [0.717, 1.165) is 17.1 Å². The summed E-state index contributed by atoms with van der Waals surface area (Å²) in [6.45, 7) is -0.222. The lowest BCUT2D eigenvalue weighted by molar-refractivity contribution is 0.545. The molecule has 0 radical (unpaired) electrons. The number of hydrogen-bond donors (Lipinski definition) is 1. The van der Waals surface area contributed by atoms with Gasteiger partial charge in [0.15, 0.2) is 0 Å². The Morgan fingerprint density at radius 1 is 0.931 bits per heavy atom. The number of hydrogen-bond acceptors (Lipinski definition) is 3. The van der Waals surface area contributed by atoms with E-state index < -0.39 is 17.2 Å². The quantitative estimate of drug-likeness (QED) is 0.502. The summed E-state index contributed by atoms with van der Waals surface area (Å²) in [5, 5.41) is 7.65. The summed E-state index contributed by atoms with van der Waals surface area (Å²) < 4.78 is 31.1. The molecular weight excluding hydrogens is 374 g/mol. The molecule has 142 valence electrons. The largest absolute Gasteiger partial charge is 0.301 e. The highest BCUT2D eigenvalue weighted by Gasteiger charge is 2.15. The first kappa shape index (κ1) is 17.2. The van der Waals surface area contributed by atoms with Gasteiger partial charge in [0.05, 0.1) is 35.5 Å². The van der Waals surface area contributed by atoms with Crippen molar-refractivity contribution in [3.8, 4) is 11.1 Å². The zero-order valence-electron chi connectivity index (χ0n) is 15.1. The predicted molar refractivity (Wildman–Crippen MR) is 107 cm³/mol. The summed E-state index contributed by atoms with van der Waals surface area (Å²) in [4.78, 5) is 16.4. The average molecular weight is 388 g/mol. The van der Waals surface area contributed by atoms with E-state index in [1.807, 2.05) is 12.1 Å². The number of aromatic amines is 1. The minimum absolute atomic E-state index is 0.170. The smallest absolute Gasteiger partial charge is 0.269 e. The Morgan fingerprint density at radius 2 is 1.72 bits per heavy atom. The molecule has 29 heavy (non-hydrogen) atoms. The van der Waals surface area contributed by atoms with Crippen LogP contribution in [0.25, 0.3) is 33.1 Å². The maximum atomic E-state index is 14.9. The molecular formula is C22H14F2N4O. The molecule has 0 saturated heterocycles. The van der Waals surface area contributed by atoms with Crippen LogP contribution in [-0.4, -0.2) is 19.7 Å². The number of aromatic nitrogens is 4. The van der Waals surface area contributed by atoms with Crippen molar-refractivity contribution in [1.82, 2.24) is 19.7 Å². The second-order valence-corrected chi connectivity index (χ2v) is 6.76. The zero-order valence-corrected chi connectivity index (χ0v) is 15.1. The number of H-pyrrole nitrogens is 1. The Balaban J connectivity index is 1.59. The topological polar surface area (TPSA) is 63.6 Å². The monoisotopic (exact) mass is 388 g/mol. The maximum Gasteiger partial charge on any atom is 0.269 e. The lowest BCUT2D eigenvalue weighted by Crippen LogP contribution is -2.22. The summed E-state index contributed by atoms with van der Waals surface area (Å²) in [5.74, 6) is -1.42. The molecule has 0 spiro atoms. The number of fused-ring (bicyclic) bond motifs is 2. The summed E-state index contributed by atoms with van der Waals surface area (Å²) in [6, 6.07) is 15.0. The van der Waals surface area contributed by atoms with Crippen molar-refractivity contribution in [2.45, 2.75) is 6.54 Å². The molecule has 5 rings (SSSR count). The highest BCUT2D eigenvalue weighted by atomic mass is 19.1. The van der Waals surface area contributed by atoms with E-state index in [1.54, 1.807) is 36.5 Å². The van der Waals surface area contributed by atoms with Crippen molar-refractivity contribution < 1.29 is 8.78 Å². The van der Waals surface area contributed by atoms with Gasteiger partial charge in [-0.3, -0.25) is 9.89 Å². The number of halogens is 2. The third-order valence-electron chi connectivity index (χ3n) is 4.98. The Labute approximate surface area is 163 Å². The minimum atomic E-state index is -0.708. The highest BCUT2D eigenvalue weighted by Crippen LogP contribution is 2.27. The normalized spacial score (nSPS) is 11.4. The van der Waals surface area contributed by atoms with Gasteiger partial charge in [-0.15, -0.1) is 0 Å². The molecule has 0 bridgehead atoms. The molecule has 5 nitrogen and oxygen atoms in total. The van der Waals surface area contributed by atoms with Crippen LogP contribution in [0.15, 0.2) is 71.8 Å². The van der Waals surface area contributed by atoms with Gasteiger partial charge in [-0.1, -0.05) is 18.2 Å². The molecule has 0 amide bonds. The van der Waals surface area contributed by atoms with E-state index in [4.69, 9.17) is 0 Å². The van der Waals surface area contributed by atoms with Crippen LogP contribution in [0.5, 0.6) is 0 Å². The standard InChI is InChI=1S/C22H14F2N4O/c23-17-8-14(13-5-6-19-15(7-13)10-26-27-19)9-18(24)16(17)12-28-21-4-2-1-3-20(21)25-11-22(28)29/h1-11H,12H2,(H,26,27). The van der Waals surface area contributed by atoms with E-state index in [2.05, 4.69) is 15.2 Å². The van der Waals surface area contributed by atoms with Crippen molar-refractivity contribution in [3.05, 3.63) is 94.5 Å². The fraction of sp³-hybridized carbons (Fsp3) is 0.0455. The fourth-order valence-electron chi connectivity index (χ4n) is 3.48. The third-order valence-corrected chi connectivity index (χ3v) is 4.98. The molecule has 0 aliphatic carbocycles. The molecule has 7 heteroatoms. The fourth-order valence-corrected chi connectivity index (χ4v) is 3.48. The minimum Gasteiger partial charge on any atom is -0.301 e. The van der Waals surface area contributed by atoms with Crippen LogP contribution in [0.1, 0.15) is 5.56 Å². The molecule has 0 aliphatic rings. The van der Waals surface area contributed by atoms with Gasteiger partial charge in [0.2, 0.25) is 0 Å². The van der Waals surface area contributed by atoms with Gasteiger partial charge in [0.1, 0.15) is 11.6 Å². The van der Waals surface area contributed by atoms with Crippen LogP contribution in [0.2, 0.25) is 0 Å². The molecule has 5 aromatic rings. The number of benzene rings is 3. The molecule has 0 fully saturated rings. The van der Waals surface area contributed by atoms with E-state index in [9.17, 15) is 13.6 Å². The second-order valence-electron chi connectivity index (χ2n) is 6.76. The average Bonchev–Trinajstić information content (AvgIpc) is 3.19. The van der Waals surface area contributed by atoms with Crippen molar-refractivity contribution in [2.24, 2.45) is 0 Å². The first-order valence-corrected chi connectivity index (χ1v) is 8.96. The van der Waals surface area contributed by atoms with Gasteiger partial charge in [0, 0.05) is 10.9 Å². The first-order valence-electron chi connectivity index (χ1n) is 8.96. The van der Waals surface area contributed by atoms with Crippen molar-refractivity contribution in [2.75, 3.05) is 0 Å². The molecule has 0 saturated carbocycles. The van der Waals surface area contributed by atoms with Crippen LogP contribution in [0, 0.1) is 11.6 Å². The van der Waals surface area contributed by atoms with Crippen LogP contribution in [0.3, 0.4) is 0 Å². The third kappa shape index (κ3) is 2.97. The molecule has 0 aliphatic heterocycles. The number of para-hydroxylation sites is 2. The van der Waals surface area contributed by atoms with Gasteiger partial charge in [-0.25, -0.2) is 13.8 Å². The van der Waals surface area contributed by atoms with Gasteiger partial charge in [-0.2, -0.15) is 5.10 Å². The predicted octanol–water partition coefficient (Wildman–Crippen LogP) is 4.27. The summed E-state index contributed by atoms with van der Waals surface area (Å²) in [5.41, 5.74) is 2.45. The lowest BCUT2D eigenvalue weighted by atomic mass is 10.0. The van der Waals surface area contributed by atoms with Crippen molar-refractivity contribution >= 4 is 21.9 Å². The van der Waals surface area contributed by atoms with E-state index in [1.165, 1.54) is 16.7 Å². The Kier molecular flexibility index (Phi) is 3.94. The highest BCUT2D eigenvalue weighted by molar-refractivity contribution is 5.84. The second kappa shape index (κ2) is 6.63. The Hall–Kier alpha value is -3.87. The summed E-state index contributed by atoms with van der Waals surface area (Å²) >= 11 is 0. The maximum absolute atomic E-state index is 14.9. The van der Waals surface area contributed by atoms with E-state index >= 15 is 0 Å². The number of nitrogens with zero attached hydrogens (tertiary/aromatic N) is 3. The van der Waals surface area contributed by atoms with Crippen molar-refractivity contribution in [3.63, 3.8) is 0 Å². The van der Waals surface area contributed by atoms with Gasteiger partial charge in [0.25, 0.3) is 5.56 Å². The molecule has 3 aromatic carbocycles. The van der Waals surface area contributed by atoms with Crippen LogP contribution < -0.4 is 5.56 Å². The molecule has 0 atom stereocenters. The Morgan fingerprint density at radius 3 is 2.55 bits per heavy atom. The number of nitrogens with one attached hydrogen (secondary N) is 1. The van der Waals surface area contributed by atoms with Gasteiger partial charge < -0.3 is 4.57 Å².